The van der Waals surface area contributed by atoms with Crippen molar-refractivity contribution in [2.75, 3.05) is 13.6 Å². The molecule has 2 amide bonds. The summed E-state index contributed by atoms with van der Waals surface area (Å²) in [6.07, 6.45) is -4.78. The predicted octanol–water partition coefficient (Wildman–Crippen LogP) is 2.79. The Morgan fingerprint density at radius 3 is 2.22 bits per heavy atom. The van der Waals surface area contributed by atoms with E-state index in [0.29, 0.717) is 0 Å². The van der Waals surface area contributed by atoms with Gasteiger partial charge < -0.3 is 15.3 Å². The molecule has 1 unspecified atom stereocenters. The molecule has 0 radical (unpaired) electrons. The number of halogens is 4. The molecular formula is C14H16F4N2O3. The molecule has 0 saturated heterocycles. The lowest BCUT2D eigenvalue weighted by atomic mass is 10.1. The van der Waals surface area contributed by atoms with Crippen LogP contribution in [-0.2, 0) is 4.79 Å². The van der Waals surface area contributed by atoms with Gasteiger partial charge in [0.25, 0.3) is 0 Å². The van der Waals surface area contributed by atoms with Gasteiger partial charge in [0.05, 0.1) is 5.92 Å². The van der Waals surface area contributed by atoms with E-state index in [1.165, 1.54) is 14.0 Å². The minimum absolute atomic E-state index is 0.255. The van der Waals surface area contributed by atoms with E-state index in [1.807, 2.05) is 0 Å². The topological polar surface area (TPSA) is 69.6 Å². The van der Waals surface area contributed by atoms with Gasteiger partial charge in [-0.3, -0.25) is 4.79 Å². The Morgan fingerprint density at radius 2 is 1.78 bits per heavy atom. The molecule has 1 aromatic rings. The zero-order valence-corrected chi connectivity index (χ0v) is 12.4. The van der Waals surface area contributed by atoms with Gasteiger partial charge in [-0.15, -0.1) is 0 Å². The Balaban J connectivity index is 2.88. The van der Waals surface area contributed by atoms with Crippen LogP contribution in [-0.4, -0.2) is 41.8 Å². The third-order valence-corrected chi connectivity index (χ3v) is 3.11. The second-order valence-electron chi connectivity index (χ2n) is 5.10. The van der Waals surface area contributed by atoms with Crippen LogP contribution in [0.15, 0.2) is 24.3 Å². The summed E-state index contributed by atoms with van der Waals surface area (Å²) in [7, 11) is 1.19. The van der Waals surface area contributed by atoms with Crippen molar-refractivity contribution in [3.63, 3.8) is 0 Å². The maximum atomic E-state index is 13.1. The minimum atomic E-state index is -4.78. The molecule has 1 rings (SSSR count). The highest BCUT2D eigenvalue weighted by molar-refractivity contribution is 5.76. The van der Waals surface area contributed by atoms with Gasteiger partial charge in [-0.25, -0.2) is 9.18 Å². The fourth-order valence-electron chi connectivity index (χ4n) is 1.81. The van der Waals surface area contributed by atoms with E-state index >= 15 is 0 Å². The van der Waals surface area contributed by atoms with Crippen molar-refractivity contribution in [1.29, 1.82) is 0 Å². The van der Waals surface area contributed by atoms with Gasteiger partial charge in [0.2, 0.25) is 0 Å². The summed E-state index contributed by atoms with van der Waals surface area (Å²) in [5.41, 5.74) is -0.327. The smallest absolute Gasteiger partial charge is 0.412 e. The predicted molar refractivity (Wildman–Crippen MR) is 73.2 cm³/mol. The standard InChI is InChI=1S/C14H16F4N2O3/c1-8(12(21)22)7-20(2)13(23)19-11(14(16,17)18)9-3-5-10(15)6-4-9/h3-6,8,11H,7H2,1-2H3,(H,19,23)(H,21,22)/t8?,11-/m1/s1. The van der Waals surface area contributed by atoms with Crippen LogP contribution in [0.25, 0.3) is 0 Å². The summed E-state index contributed by atoms with van der Waals surface area (Å²) in [4.78, 5) is 23.4. The first kappa shape index (κ1) is 18.7. The van der Waals surface area contributed by atoms with Crippen molar-refractivity contribution in [2.24, 2.45) is 5.92 Å². The van der Waals surface area contributed by atoms with E-state index in [0.717, 1.165) is 29.2 Å². The SMILES string of the molecule is CC(CN(C)C(=O)N[C@H](c1ccc(F)cc1)C(F)(F)F)C(=O)O. The number of benzene rings is 1. The number of aliphatic carboxylic acids is 1. The van der Waals surface area contributed by atoms with Gasteiger partial charge in [-0.05, 0) is 17.7 Å². The van der Waals surface area contributed by atoms with E-state index in [1.54, 1.807) is 5.32 Å². The molecule has 0 aromatic heterocycles. The number of amides is 2. The lowest BCUT2D eigenvalue weighted by Crippen LogP contribution is -2.46. The van der Waals surface area contributed by atoms with Crippen LogP contribution in [0.1, 0.15) is 18.5 Å². The van der Waals surface area contributed by atoms with Crippen molar-refractivity contribution in [3.05, 3.63) is 35.6 Å². The molecule has 9 heteroatoms. The average Bonchev–Trinajstić information content (AvgIpc) is 2.44. The van der Waals surface area contributed by atoms with Crippen LogP contribution in [0, 0.1) is 11.7 Å². The molecule has 2 atom stereocenters. The highest BCUT2D eigenvalue weighted by Gasteiger charge is 2.42. The van der Waals surface area contributed by atoms with E-state index in [-0.39, 0.29) is 12.1 Å². The van der Waals surface area contributed by atoms with Crippen molar-refractivity contribution >= 4 is 12.0 Å². The van der Waals surface area contributed by atoms with Crippen molar-refractivity contribution in [2.45, 2.75) is 19.1 Å². The van der Waals surface area contributed by atoms with Crippen molar-refractivity contribution in [3.8, 4) is 0 Å². The quantitative estimate of drug-likeness (QED) is 0.813. The molecule has 0 bridgehead atoms. The molecule has 23 heavy (non-hydrogen) atoms. The molecule has 0 spiro atoms. The normalized spacial score (nSPS) is 14.0. The number of alkyl halides is 3. The van der Waals surface area contributed by atoms with Gasteiger partial charge in [-0.2, -0.15) is 13.2 Å². The van der Waals surface area contributed by atoms with E-state index < -0.39 is 36.0 Å². The van der Waals surface area contributed by atoms with Gasteiger partial charge >= 0.3 is 18.2 Å². The van der Waals surface area contributed by atoms with Gasteiger partial charge in [0.1, 0.15) is 5.82 Å². The number of carbonyl (C=O) groups excluding carboxylic acids is 1. The fourth-order valence-corrected chi connectivity index (χ4v) is 1.81. The molecule has 0 fully saturated rings. The monoisotopic (exact) mass is 336 g/mol. The van der Waals surface area contributed by atoms with Crippen molar-refractivity contribution < 1.29 is 32.3 Å². The van der Waals surface area contributed by atoms with Crippen LogP contribution in [0.2, 0.25) is 0 Å². The number of carbonyl (C=O) groups is 2. The first-order valence-electron chi connectivity index (χ1n) is 6.59. The maximum absolute atomic E-state index is 13.1. The third-order valence-electron chi connectivity index (χ3n) is 3.11. The Bertz CT molecular complexity index is 560. The van der Waals surface area contributed by atoms with Gasteiger partial charge in [0, 0.05) is 13.6 Å². The van der Waals surface area contributed by atoms with E-state index in [2.05, 4.69) is 0 Å². The second-order valence-corrected chi connectivity index (χ2v) is 5.10. The zero-order valence-electron chi connectivity index (χ0n) is 12.4. The number of hydrogen-bond donors (Lipinski definition) is 2. The molecule has 0 heterocycles. The summed E-state index contributed by atoms with van der Waals surface area (Å²) in [6.45, 7) is 1.07. The first-order chi connectivity index (χ1) is 10.5. The molecule has 2 N–H and O–H groups in total. The summed E-state index contributed by atoms with van der Waals surface area (Å²) in [5, 5.41) is 10.5. The summed E-state index contributed by atoms with van der Waals surface area (Å²) >= 11 is 0. The minimum Gasteiger partial charge on any atom is -0.481 e. The zero-order chi connectivity index (χ0) is 17.8. The highest BCUT2D eigenvalue weighted by Crippen LogP contribution is 2.32. The third kappa shape index (κ3) is 5.42. The maximum Gasteiger partial charge on any atom is 0.412 e. The Kier molecular flexibility index (Phi) is 5.94. The molecule has 0 saturated carbocycles. The van der Waals surface area contributed by atoms with Gasteiger partial charge in [0.15, 0.2) is 6.04 Å². The molecule has 5 nitrogen and oxygen atoms in total. The number of urea groups is 1. The largest absolute Gasteiger partial charge is 0.481 e. The van der Waals surface area contributed by atoms with Crippen LogP contribution in [0.4, 0.5) is 22.4 Å². The molecule has 0 aliphatic carbocycles. The van der Waals surface area contributed by atoms with Crippen LogP contribution in [0.3, 0.4) is 0 Å². The number of nitrogens with one attached hydrogen (secondary N) is 1. The highest BCUT2D eigenvalue weighted by atomic mass is 19.4. The lowest BCUT2D eigenvalue weighted by molar-refractivity contribution is -0.155. The molecule has 0 aliphatic rings. The Morgan fingerprint density at radius 1 is 1.26 bits per heavy atom. The number of carboxylic acid groups (broad SMARTS) is 1. The van der Waals surface area contributed by atoms with Crippen LogP contribution >= 0.6 is 0 Å². The second kappa shape index (κ2) is 7.30. The van der Waals surface area contributed by atoms with Crippen LogP contribution < -0.4 is 5.32 Å². The molecule has 1 aromatic carbocycles. The number of rotatable bonds is 5. The van der Waals surface area contributed by atoms with Crippen molar-refractivity contribution in [1.82, 2.24) is 10.2 Å². The molecular weight excluding hydrogens is 320 g/mol. The summed E-state index contributed by atoms with van der Waals surface area (Å²) < 4.78 is 52.1. The van der Waals surface area contributed by atoms with E-state index in [4.69, 9.17) is 5.11 Å². The summed E-state index contributed by atoms with van der Waals surface area (Å²) in [5.74, 6) is -2.80. The number of hydrogen-bond acceptors (Lipinski definition) is 2. The Labute approximate surface area is 129 Å². The Hall–Kier alpha value is -2.32. The summed E-state index contributed by atoms with van der Waals surface area (Å²) in [6, 6.07) is 0.164. The van der Waals surface area contributed by atoms with E-state index in [9.17, 15) is 27.2 Å². The van der Waals surface area contributed by atoms with Crippen LogP contribution in [0.5, 0.6) is 0 Å². The molecule has 0 aliphatic heterocycles. The number of carboxylic acids is 1. The fraction of sp³-hybridized carbons (Fsp3) is 0.429. The molecule has 128 valence electrons. The lowest BCUT2D eigenvalue weighted by Gasteiger charge is -2.26. The van der Waals surface area contributed by atoms with Gasteiger partial charge in [-0.1, -0.05) is 19.1 Å². The number of nitrogens with zero attached hydrogens (tertiary/aromatic N) is 1. The first-order valence-corrected chi connectivity index (χ1v) is 6.59. The average molecular weight is 336 g/mol.